The zero-order chi connectivity index (χ0) is 13.2. The van der Waals surface area contributed by atoms with E-state index in [4.69, 9.17) is 0 Å². The molecule has 1 aromatic heterocycles. The maximum atomic E-state index is 3.68. The Morgan fingerprint density at radius 1 is 1.56 bits per heavy atom. The molecule has 2 atom stereocenters. The van der Waals surface area contributed by atoms with Crippen LogP contribution in [-0.4, -0.2) is 36.1 Å². The minimum atomic E-state index is 0.294. The lowest BCUT2D eigenvalue weighted by atomic mass is 9.93. The minimum absolute atomic E-state index is 0.294. The average molecular weight is 331 g/mol. The van der Waals surface area contributed by atoms with E-state index in [-0.39, 0.29) is 0 Å². The minimum Gasteiger partial charge on any atom is -0.309 e. The number of hydrogen-bond acceptors (Lipinski definition) is 3. The Kier molecular flexibility index (Phi) is 4.86. The second-order valence-electron chi connectivity index (χ2n) is 5.57. The number of nitrogens with zero attached hydrogens (tertiary/aromatic N) is 1. The molecular weight excluding hydrogens is 308 g/mol. The number of nitrogens with one attached hydrogen (secondary N) is 1. The van der Waals surface area contributed by atoms with Gasteiger partial charge in [0.2, 0.25) is 0 Å². The van der Waals surface area contributed by atoms with Gasteiger partial charge in [0.1, 0.15) is 0 Å². The van der Waals surface area contributed by atoms with Crippen molar-refractivity contribution < 1.29 is 0 Å². The van der Waals surface area contributed by atoms with Gasteiger partial charge >= 0.3 is 0 Å². The van der Waals surface area contributed by atoms with E-state index in [1.54, 1.807) is 0 Å². The van der Waals surface area contributed by atoms with Crippen LogP contribution in [0, 0.1) is 0 Å². The molecular formula is C14H23BrN2S. The molecule has 2 heterocycles. The summed E-state index contributed by atoms with van der Waals surface area (Å²) in [5, 5.41) is 3.68. The van der Waals surface area contributed by atoms with Crippen molar-refractivity contribution in [2.24, 2.45) is 0 Å². The van der Waals surface area contributed by atoms with Crippen LogP contribution < -0.4 is 5.32 Å². The first-order valence-electron chi connectivity index (χ1n) is 6.76. The van der Waals surface area contributed by atoms with Gasteiger partial charge in [-0.2, -0.15) is 0 Å². The molecule has 4 heteroatoms. The second kappa shape index (κ2) is 6.04. The molecule has 2 rings (SSSR count). The van der Waals surface area contributed by atoms with Crippen molar-refractivity contribution in [2.45, 2.75) is 45.2 Å². The molecule has 0 bridgehead atoms. The molecule has 1 saturated heterocycles. The molecule has 1 N–H and O–H groups in total. The van der Waals surface area contributed by atoms with Crippen molar-refractivity contribution in [3.8, 4) is 0 Å². The quantitative estimate of drug-likeness (QED) is 0.908. The summed E-state index contributed by atoms with van der Waals surface area (Å²) in [6.07, 6.45) is 2.36. The number of thiophene rings is 1. The van der Waals surface area contributed by atoms with Crippen molar-refractivity contribution >= 4 is 27.3 Å². The standard InChI is InChI=1S/C14H23BrN2S/c1-4-14(3)10-17(11(2)9-16-14)8-7-12-5-6-13(15)18-12/h5-6,11,16H,4,7-10H2,1-3H3. The first kappa shape index (κ1) is 14.5. The van der Waals surface area contributed by atoms with Gasteiger partial charge in [-0.05, 0) is 54.8 Å². The van der Waals surface area contributed by atoms with Gasteiger partial charge in [0.05, 0.1) is 3.79 Å². The Hall–Kier alpha value is 0.1000. The Labute approximate surface area is 123 Å². The summed E-state index contributed by atoms with van der Waals surface area (Å²) >= 11 is 5.39. The van der Waals surface area contributed by atoms with E-state index < -0.39 is 0 Å². The van der Waals surface area contributed by atoms with Crippen molar-refractivity contribution in [1.82, 2.24) is 10.2 Å². The topological polar surface area (TPSA) is 15.3 Å². The highest BCUT2D eigenvalue weighted by molar-refractivity contribution is 9.11. The van der Waals surface area contributed by atoms with Gasteiger partial charge in [-0.1, -0.05) is 6.92 Å². The third kappa shape index (κ3) is 3.56. The zero-order valence-electron chi connectivity index (χ0n) is 11.5. The summed E-state index contributed by atoms with van der Waals surface area (Å²) in [6.45, 7) is 10.4. The summed E-state index contributed by atoms with van der Waals surface area (Å²) in [5.41, 5.74) is 0.294. The van der Waals surface area contributed by atoms with Gasteiger partial charge in [-0.15, -0.1) is 11.3 Å². The predicted octanol–water partition coefficient (Wildman–Crippen LogP) is 3.52. The molecule has 18 heavy (non-hydrogen) atoms. The van der Waals surface area contributed by atoms with Crippen LogP contribution >= 0.6 is 27.3 Å². The summed E-state index contributed by atoms with van der Waals surface area (Å²) in [4.78, 5) is 4.11. The number of piperazine rings is 1. The molecule has 102 valence electrons. The molecule has 1 aliphatic heterocycles. The van der Waals surface area contributed by atoms with Crippen molar-refractivity contribution in [3.05, 3.63) is 20.8 Å². The molecule has 0 amide bonds. The van der Waals surface area contributed by atoms with Crippen LogP contribution in [0.4, 0.5) is 0 Å². The summed E-state index contributed by atoms with van der Waals surface area (Å²) in [6, 6.07) is 5.03. The summed E-state index contributed by atoms with van der Waals surface area (Å²) < 4.78 is 1.24. The van der Waals surface area contributed by atoms with Gasteiger partial charge in [0, 0.05) is 36.1 Å². The van der Waals surface area contributed by atoms with E-state index in [9.17, 15) is 0 Å². The molecule has 0 spiro atoms. The van der Waals surface area contributed by atoms with Gasteiger partial charge in [-0.3, -0.25) is 4.90 Å². The molecule has 2 unspecified atom stereocenters. The highest BCUT2D eigenvalue weighted by Gasteiger charge is 2.32. The van der Waals surface area contributed by atoms with Gasteiger partial charge in [-0.25, -0.2) is 0 Å². The number of hydrogen-bond donors (Lipinski definition) is 1. The third-order valence-electron chi connectivity index (χ3n) is 4.05. The molecule has 1 fully saturated rings. The van der Waals surface area contributed by atoms with Gasteiger partial charge in [0.25, 0.3) is 0 Å². The highest BCUT2D eigenvalue weighted by atomic mass is 79.9. The van der Waals surface area contributed by atoms with Crippen LogP contribution in [0.1, 0.15) is 32.1 Å². The molecule has 0 saturated carbocycles. The lowest BCUT2D eigenvalue weighted by Crippen LogP contribution is -2.62. The molecule has 2 nitrogen and oxygen atoms in total. The monoisotopic (exact) mass is 330 g/mol. The predicted molar refractivity (Wildman–Crippen MR) is 83.5 cm³/mol. The molecule has 0 radical (unpaired) electrons. The number of rotatable bonds is 4. The summed E-state index contributed by atoms with van der Waals surface area (Å²) in [7, 11) is 0. The SMILES string of the molecule is CCC1(C)CN(CCc2ccc(Br)s2)C(C)CN1. The van der Waals surface area contributed by atoms with Crippen LogP contribution in [0.15, 0.2) is 15.9 Å². The van der Waals surface area contributed by atoms with Crippen LogP contribution in [0.25, 0.3) is 0 Å². The lowest BCUT2D eigenvalue weighted by molar-refractivity contribution is 0.0946. The Morgan fingerprint density at radius 3 is 2.94 bits per heavy atom. The van der Waals surface area contributed by atoms with Crippen molar-refractivity contribution in [2.75, 3.05) is 19.6 Å². The fourth-order valence-electron chi connectivity index (χ4n) is 2.46. The third-order valence-corrected chi connectivity index (χ3v) is 5.74. The highest BCUT2D eigenvalue weighted by Crippen LogP contribution is 2.24. The molecule has 0 aromatic carbocycles. The van der Waals surface area contributed by atoms with Gasteiger partial charge in [0.15, 0.2) is 0 Å². The second-order valence-corrected chi connectivity index (χ2v) is 8.12. The van der Waals surface area contributed by atoms with E-state index in [2.05, 4.69) is 59.1 Å². The van der Waals surface area contributed by atoms with Crippen molar-refractivity contribution in [3.63, 3.8) is 0 Å². The average Bonchev–Trinajstić information content (AvgIpc) is 2.77. The Balaban J connectivity index is 1.91. The molecule has 1 aromatic rings. The van der Waals surface area contributed by atoms with E-state index in [0.29, 0.717) is 11.6 Å². The van der Waals surface area contributed by atoms with Crippen LogP contribution in [0.2, 0.25) is 0 Å². The van der Waals surface area contributed by atoms with Crippen LogP contribution in [-0.2, 0) is 6.42 Å². The van der Waals surface area contributed by atoms with E-state index in [0.717, 1.165) is 13.1 Å². The van der Waals surface area contributed by atoms with E-state index in [1.807, 2.05) is 11.3 Å². The smallest absolute Gasteiger partial charge is 0.0701 e. The largest absolute Gasteiger partial charge is 0.309 e. The lowest BCUT2D eigenvalue weighted by Gasteiger charge is -2.45. The van der Waals surface area contributed by atoms with Crippen LogP contribution in [0.5, 0.6) is 0 Å². The van der Waals surface area contributed by atoms with E-state index >= 15 is 0 Å². The van der Waals surface area contributed by atoms with Gasteiger partial charge < -0.3 is 5.32 Å². The number of halogens is 1. The zero-order valence-corrected chi connectivity index (χ0v) is 13.9. The normalized spacial score (nSPS) is 29.7. The van der Waals surface area contributed by atoms with Crippen molar-refractivity contribution in [1.29, 1.82) is 0 Å². The fraction of sp³-hybridized carbons (Fsp3) is 0.714. The van der Waals surface area contributed by atoms with Crippen LogP contribution in [0.3, 0.4) is 0 Å². The first-order chi connectivity index (χ1) is 8.52. The first-order valence-corrected chi connectivity index (χ1v) is 8.36. The Morgan fingerprint density at radius 2 is 2.33 bits per heavy atom. The Bertz CT molecular complexity index is 393. The molecule has 1 aliphatic rings. The maximum absolute atomic E-state index is 3.68. The fourth-order valence-corrected chi connectivity index (χ4v) is 3.93. The molecule has 0 aliphatic carbocycles. The van der Waals surface area contributed by atoms with E-state index in [1.165, 1.54) is 28.0 Å². The summed E-state index contributed by atoms with van der Waals surface area (Å²) in [5.74, 6) is 0. The maximum Gasteiger partial charge on any atom is 0.0701 e.